The molecule has 1 amide bonds. The molecule has 4 heteroatoms. The van der Waals surface area contributed by atoms with Gasteiger partial charge in [-0.1, -0.05) is 30.3 Å². The number of rotatable bonds is 6. The molecule has 1 rings (SSSR count). The standard InChI is InChI=1S/C14H22N2O2/c1-14(2,15)9-8-13(18)16-12(10-17)11-6-4-3-5-7-11/h3-7,12,17H,8-10,15H2,1-2H3,(H,16,18). The van der Waals surface area contributed by atoms with Crippen LogP contribution in [0.2, 0.25) is 0 Å². The summed E-state index contributed by atoms with van der Waals surface area (Å²) in [5.74, 6) is -0.0866. The first-order valence-corrected chi connectivity index (χ1v) is 6.16. The minimum absolute atomic E-state index is 0.0866. The molecular formula is C14H22N2O2. The monoisotopic (exact) mass is 250 g/mol. The normalized spacial score (nSPS) is 13.1. The van der Waals surface area contributed by atoms with Crippen LogP contribution in [0.1, 0.15) is 38.3 Å². The molecule has 1 unspecified atom stereocenters. The highest BCUT2D eigenvalue weighted by Crippen LogP contribution is 2.13. The fourth-order valence-corrected chi connectivity index (χ4v) is 1.62. The Kier molecular flexibility index (Phi) is 5.31. The molecule has 0 saturated carbocycles. The van der Waals surface area contributed by atoms with Gasteiger partial charge in [-0.05, 0) is 25.8 Å². The predicted octanol–water partition coefficient (Wildman–Crippen LogP) is 1.35. The van der Waals surface area contributed by atoms with Crippen molar-refractivity contribution in [2.24, 2.45) is 5.73 Å². The Balaban J connectivity index is 2.51. The Labute approximate surface area is 108 Å². The number of aliphatic hydroxyl groups is 1. The van der Waals surface area contributed by atoms with Gasteiger partial charge in [-0.15, -0.1) is 0 Å². The van der Waals surface area contributed by atoms with Crippen molar-refractivity contribution in [2.45, 2.75) is 38.3 Å². The van der Waals surface area contributed by atoms with Gasteiger partial charge in [0.25, 0.3) is 0 Å². The lowest BCUT2D eigenvalue weighted by Gasteiger charge is -2.20. The summed E-state index contributed by atoms with van der Waals surface area (Å²) in [7, 11) is 0. The van der Waals surface area contributed by atoms with E-state index < -0.39 is 0 Å². The van der Waals surface area contributed by atoms with Crippen LogP contribution in [0.15, 0.2) is 30.3 Å². The Bertz CT molecular complexity index is 371. The van der Waals surface area contributed by atoms with E-state index in [0.717, 1.165) is 5.56 Å². The second-order valence-electron chi connectivity index (χ2n) is 5.20. The SMILES string of the molecule is CC(C)(N)CCC(=O)NC(CO)c1ccccc1. The summed E-state index contributed by atoms with van der Waals surface area (Å²) in [5.41, 5.74) is 6.38. The summed E-state index contributed by atoms with van der Waals surface area (Å²) >= 11 is 0. The lowest BCUT2D eigenvalue weighted by molar-refractivity contribution is -0.122. The summed E-state index contributed by atoms with van der Waals surface area (Å²) in [6.07, 6.45) is 0.985. The second kappa shape index (κ2) is 6.52. The van der Waals surface area contributed by atoms with Crippen LogP contribution in [0, 0.1) is 0 Å². The summed E-state index contributed by atoms with van der Waals surface area (Å²) in [5, 5.41) is 12.1. The van der Waals surface area contributed by atoms with Crippen molar-refractivity contribution >= 4 is 5.91 Å². The van der Waals surface area contributed by atoms with Gasteiger partial charge in [0.1, 0.15) is 0 Å². The molecule has 0 aliphatic rings. The summed E-state index contributed by atoms with van der Waals surface area (Å²) in [6, 6.07) is 9.08. The number of benzene rings is 1. The van der Waals surface area contributed by atoms with E-state index in [4.69, 9.17) is 5.73 Å². The third-order valence-electron chi connectivity index (χ3n) is 2.72. The number of carbonyl (C=O) groups excluding carboxylic acids is 1. The van der Waals surface area contributed by atoms with Gasteiger partial charge in [-0.2, -0.15) is 0 Å². The van der Waals surface area contributed by atoms with Gasteiger partial charge >= 0.3 is 0 Å². The third-order valence-corrected chi connectivity index (χ3v) is 2.72. The Hall–Kier alpha value is -1.39. The molecule has 0 spiro atoms. The number of nitrogens with two attached hydrogens (primary N) is 1. The van der Waals surface area contributed by atoms with Crippen molar-refractivity contribution < 1.29 is 9.90 Å². The van der Waals surface area contributed by atoms with Gasteiger partial charge in [0, 0.05) is 12.0 Å². The van der Waals surface area contributed by atoms with Gasteiger partial charge in [0.2, 0.25) is 5.91 Å². The lowest BCUT2D eigenvalue weighted by Crippen LogP contribution is -2.36. The van der Waals surface area contributed by atoms with E-state index in [-0.39, 0.29) is 24.1 Å². The Morgan fingerprint density at radius 3 is 2.50 bits per heavy atom. The van der Waals surface area contributed by atoms with Crippen LogP contribution >= 0.6 is 0 Å². The van der Waals surface area contributed by atoms with E-state index in [9.17, 15) is 9.90 Å². The van der Waals surface area contributed by atoms with E-state index in [0.29, 0.717) is 12.8 Å². The molecular weight excluding hydrogens is 228 g/mol. The molecule has 18 heavy (non-hydrogen) atoms. The van der Waals surface area contributed by atoms with Crippen molar-refractivity contribution in [2.75, 3.05) is 6.61 Å². The minimum Gasteiger partial charge on any atom is -0.394 e. The number of aliphatic hydroxyl groups excluding tert-OH is 1. The number of hydrogen-bond acceptors (Lipinski definition) is 3. The molecule has 1 aromatic rings. The topological polar surface area (TPSA) is 75.4 Å². The summed E-state index contributed by atoms with van der Waals surface area (Å²) in [6.45, 7) is 3.67. The van der Waals surface area contributed by atoms with E-state index in [1.54, 1.807) is 0 Å². The lowest BCUT2D eigenvalue weighted by atomic mass is 9.99. The molecule has 0 saturated heterocycles. The van der Waals surface area contributed by atoms with Crippen LogP contribution < -0.4 is 11.1 Å². The van der Waals surface area contributed by atoms with E-state index in [1.807, 2.05) is 44.2 Å². The molecule has 1 atom stereocenters. The number of hydrogen-bond donors (Lipinski definition) is 3. The molecule has 0 aliphatic carbocycles. The van der Waals surface area contributed by atoms with Crippen LogP contribution in [-0.4, -0.2) is 23.2 Å². The zero-order chi connectivity index (χ0) is 13.6. The third kappa shape index (κ3) is 5.29. The summed E-state index contributed by atoms with van der Waals surface area (Å²) < 4.78 is 0. The maximum absolute atomic E-state index is 11.8. The molecule has 4 N–H and O–H groups in total. The Morgan fingerprint density at radius 1 is 1.39 bits per heavy atom. The van der Waals surface area contributed by atoms with E-state index >= 15 is 0 Å². The zero-order valence-electron chi connectivity index (χ0n) is 11.0. The molecule has 1 aromatic carbocycles. The smallest absolute Gasteiger partial charge is 0.220 e. The first-order chi connectivity index (χ1) is 8.42. The number of nitrogens with one attached hydrogen (secondary N) is 1. The highest BCUT2D eigenvalue weighted by Gasteiger charge is 2.16. The van der Waals surface area contributed by atoms with Gasteiger partial charge in [-0.3, -0.25) is 4.79 Å². The largest absolute Gasteiger partial charge is 0.394 e. The van der Waals surface area contributed by atoms with Crippen LogP contribution in [0.5, 0.6) is 0 Å². The fourth-order valence-electron chi connectivity index (χ4n) is 1.62. The molecule has 4 nitrogen and oxygen atoms in total. The average Bonchev–Trinajstić information content (AvgIpc) is 2.33. The van der Waals surface area contributed by atoms with Crippen molar-refractivity contribution in [1.29, 1.82) is 0 Å². The molecule has 0 radical (unpaired) electrons. The number of carbonyl (C=O) groups is 1. The highest BCUT2D eigenvalue weighted by molar-refractivity contribution is 5.76. The molecule has 0 fully saturated rings. The van der Waals surface area contributed by atoms with Crippen LogP contribution in [-0.2, 0) is 4.79 Å². The first-order valence-electron chi connectivity index (χ1n) is 6.16. The Morgan fingerprint density at radius 2 is 2.00 bits per heavy atom. The predicted molar refractivity (Wildman–Crippen MR) is 71.9 cm³/mol. The fraction of sp³-hybridized carbons (Fsp3) is 0.500. The minimum atomic E-state index is -0.348. The van der Waals surface area contributed by atoms with Crippen LogP contribution in [0.3, 0.4) is 0 Å². The van der Waals surface area contributed by atoms with Crippen molar-refractivity contribution in [3.8, 4) is 0 Å². The molecule has 0 heterocycles. The number of amides is 1. The summed E-state index contributed by atoms with van der Waals surface area (Å²) in [4.78, 5) is 11.8. The quantitative estimate of drug-likeness (QED) is 0.713. The molecule has 0 aromatic heterocycles. The van der Waals surface area contributed by atoms with E-state index in [2.05, 4.69) is 5.32 Å². The van der Waals surface area contributed by atoms with E-state index in [1.165, 1.54) is 0 Å². The molecule has 100 valence electrons. The average molecular weight is 250 g/mol. The maximum atomic E-state index is 11.8. The van der Waals surface area contributed by atoms with Crippen molar-refractivity contribution in [3.05, 3.63) is 35.9 Å². The van der Waals surface area contributed by atoms with Gasteiger partial charge in [0.15, 0.2) is 0 Å². The van der Waals surface area contributed by atoms with Crippen LogP contribution in [0.4, 0.5) is 0 Å². The molecule has 0 aliphatic heterocycles. The second-order valence-corrected chi connectivity index (χ2v) is 5.20. The first kappa shape index (κ1) is 14.7. The zero-order valence-corrected chi connectivity index (χ0v) is 11.0. The van der Waals surface area contributed by atoms with Crippen molar-refractivity contribution in [3.63, 3.8) is 0 Å². The van der Waals surface area contributed by atoms with Crippen molar-refractivity contribution in [1.82, 2.24) is 5.32 Å². The van der Waals surface area contributed by atoms with Gasteiger partial charge in [0.05, 0.1) is 12.6 Å². The van der Waals surface area contributed by atoms with Crippen LogP contribution in [0.25, 0.3) is 0 Å². The van der Waals surface area contributed by atoms with Gasteiger partial charge in [-0.25, -0.2) is 0 Å². The maximum Gasteiger partial charge on any atom is 0.220 e. The molecule has 0 bridgehead atoms. The highest BCUT2D eigenvalue weighted by atomic mass is 16.3. The van der Waals surface area contributed by atoms with Gasteiger partial charge < -0.3 is 16.2 Å².